The first kappa shape index (κ1) is 17.4. The molecule has 0 fully saturated rings. The second kappa shape index (κ2) is 6.51. The Morgan fingerprint density at radius 1 is 1.44 bits per heavy atom. The standard InChI is InChI=1S/C10H20N4O2S.ClH/c1-4-10(11,5-2)7-13-17(15,16)9-6-14(3)8-12-9;/h6,8,13H,4-5,7,11H2,1-3H3;1H. The summed E-state index contributed by atoms with van der Waals surface area (Å²) in [7, 11) is -1.84. The van der Waals surface area contributed by atoms with E-state index in [9.17, 15) is 8.42 Å². The number of nitrogens with zero attached hydrogens (tertiary/aromatic N) is 2. The van der Waals surface area contributed by atoms with Crippen molar-refractivity contribution in [3.63, 3.8) is 0 Å². The van der Waals surface area contributed by atoms with Gasteiger partial charge in [0, 0.05) is 25.3 Å². The van der Waals surface area contributed by atoms with Crippen LogP contribution in [0.4, 0.5) is 0 Å². The second-order valence-electron chi connectivity index (χ2n) is 4.27. The van der Waals surface area contributed by atoms with Crippen LogP contribution in [0.3, 0.4) is 0 Å². The molecule has 0 aliphatic carbocycles. The van der Waals surface area contributed by atoms with Crippen molar-refractivity contribution in [3.8, 4) is 0 Å². The van der Waals surface area contributed by atoms with Gasteiger partial charge < -0.3 is 10.3 Å². The minimum atomic E-state index is -3.55. The third-order valence-electron chi connectivity index (χ3n) is 2.98. The Kier molecular flexibility index (Phi) is 6.28. The van der Waals surface area contributed by atoms with E-state index in [-0.39, 0.29) is 24.0 Å². The maximum atomic E-state index is 11.9. The average molecular weight is 297 g/mol. The summed E-state index contributed by atoms with van der Waals surface area (Å²) in [6, 6.07) is 0. The van der Waals surface area contributed by atoms with Gasteiger partial charge in [-0.2, -0.15) is 0 Å². The number of sulfonamides is 1. The predicted molar refractivity (Wildman–Crippen MR) is 73.1 cm³/mol. The second-order valence-corrected chi connectivity index (χ2v) is 5.99. The summed E-state index contributed by atoms with van der Waals surface area (Å²) in [4.78, 5) is 3.81. The van der Waals surface area contributed by atoms with E-state index < -0.39 is 15.6 Å². The molecule has 106 valence electrons. The first-order valence-electron chi connectivity index (χ1n) is 5.59. The van der Waals surface area contributed by atoms with Crippen molar-refractivity contribution < 1.29 is 8.42 Å². The van der Waals surface area contributed by atoms with Crippen LogP contribution in [0.1, 0.15) is 26.7 Å². The Morgan fingerprint density at radius 2 is 2.00 bits per heavy atom. The van der Waals surface area contributed by atoms with Gasteiger partial charge in [-0.3, -0.25) is 0 Å². The number of aromatic nitrogens is 2. The normalized spacial score (nSPS) is 12.2. The summed E-state index contributed by atoms with van der Waals surface area (Å²) in [5.41, 5.74) is 5.54. The molecule has 8 heteroatoms. The molecule has 0 radical (unpaired) electrons. The zero-order valence-corrected chi connectivity index (χ0v) is 12.5. The number of aryl methyl sites for hydroxylation is 1. The van der Waals surface area contributed by atoms with Gasteiger partial charge in [-0.25, -0.2) is 18.1 Å². The molecule has 0 unspecified atom stereocenters. The molecule has 1 aromatic heterocycles. The average Bonchev–Trinajstić information content (AvgIpc) is 2.74. The Hall–Kier alpha value is -0.630. The molecule has 0 saturated carbocycles. The van der Waals surface area contributed by atoms with Crippen LogP contribution in [0.2, 0.25) is 0 Å². The van der Waals surface area contributed by atoms with E-state index in [1.807, 2.05) is 13.8 Å². The van der Waals surface area contributed by atoms with Crippen molar-refractivity contribution in [2.24, 2.45) is 12.8 Å². The number of nitrogens with one attached hydrogen (secondary N) is 1. The van der Waals surface area contributed by atoms with E-state index in [1.54, 1.807) is 11.6 Å². The van der Waals surface area contributed by atoms with Gasteiger partial charge in [-0.1, -0.05) is 13.8 Å². The first-order chi connectivity index (χ1) is 7.83. The highest BCUT2D eigenvalue weighted by atomic mass is 35.5. The van der Waals surface area contributed by atoms with Crippen LogP contribution in [0.15, 0.2) is 17.6 Å². The van der Waals surface area contributed by atoms with Crippen molar-refractivity contribution in [2.75, 3.05) is 6.54 Å². The molecule has 0 aliphatic rings. The monoisotopic (exact) mass is 296 g/mol. The van der Waals surface area contributed by atoms with E-state index in [1.165, 1.54) is 12.5 Å². The van der Waals surface area contributed by atoms with Gasteiger partial charge in [0.15, 0.2) is 5.03 Å². The van der Waals surface area contributed by atoms with Gasteiger partial charge in [0.2, 0.25) is 0 Å². The maximum absolute atomic E-state index is 11.9. The SMILES string of the molecule is CCC(N)(CC)CNS(=O)(=O)c1cn(C)cn1.Cl. The van der Waals surface area contributed by atoms with E-state index in [4.69, 9.17) is 5.73 Å². The number of rotatable bonds is 6. The molecular formula is C10H21ClN4O2S. The highest BCUT2D eigenvalue weighted by Crippen LogP contribution is 2.11. The third kappa shape index (κ3) is 4.24. The summed E-state index contributed by atoms with van der Waals surface area (Å²) in [5, 5.41) is 0.0227. The summed E-state index contributed by atoms with van der Waals surface area (Å²) >= 11 is 0. The van der Waals surface area contributed by atoms with Gasteiger partial charge >= 0.3 is 0 Å². The van der Waals surface area contributed by atoms with Crippen LogP contribution < -0.4 is 10.5 Å². The van der Waals surface area contributed by atoms with Crippen LogP contribution in [-0.2, 0) is 17.1 Å². The van der Waals surface area contributed by atoms with Crippen molar-refractivity contribution in [3.05, 3.63) is 12.5 Å². The zero-order valence-electron chi connectivity index (χ0n) is 10.9. The van der Waals surface area contributed by atoms with Crippen LogP contribution in [0.5, 0.6) is 0 Å². The van der Waals surface area contributed by atoms with Crippen LogP contribution >= 0.6 is 12.4 Å². The molecule has 0 aromatic carbocycles. The summed E-state index contributed by atoms with van der Waals surface area (Å²) in [6.45, 7) is 4.11. The lowest BCUT2D eigenvalue weighted by molar-refractivity contribution is 0.391. The van der Waals surface area contributed by atoms with E-state index in [0.717, 1.165) is 0 Å². The fourth-order valence-corrected chi connectivity index (χ4v) is 2.46. The van der Waals surface area contributed by atoms with Crippen molar-refractivity contribution in [1.29, 1.82) is 0 Å². The molecule has 0 aliphatic heterocycles. The fourth-order valence-electron chi connectivity index (χ4n) is 1.34. The van der Waals surface area contributed by atoms with Gasteiger partial charge in [-0.15, -0.1) is 12.4 Å². The molecule has 0 saturated heterocycles. The quantitative estimate of drug-likeness (QED) is 0.806. The van der Waals surface area contributed by atoms with Crippen molar-refractivity contribution in [1.82, 2.24) is 14.3 Å². The molecule has 0 atom stereocenters. The molecule has 1 heterocycles. The predicted octanol–water partition coefficient (Wildman–Crippen LogP) is 0.638. The van der Waals surface area contributed by atoms with Crippen LogP contribution in [-0.4, -0.2) is 30.1 Å². The van der Waals surface area contributed by atoms with Gasteiger partial charge in [0.25, 0.3) is 10.0 Å². The molecule has 0 bridgehead atoms. The lowest BCUT2D eigenvalue weighted by Gasteiger charge is -2.26. The summed E-state index contributed by atoms with van der Waals surface area (Å²) in [5.74, 6) is 0. The number of halogens is 1. The van der Waals surface area contributed by atoms with Crippen molar-refractivity contribution in [2.45, 2.75) is 37.3 Å². The smallest absolute Gasteiger partial charge is 0.259 e. The highest BCUT2D eigenvalue weighted by Gasteiger charge is 2.24. The number of nitrogens with two attached hydrogens (primary N) is 1. The fraction of sp³-hybridized carbons (Fsp3) is 0.700. The number of hydrogen-bond acceptors (Lipinski definition) is 4. The topological polar surface area (TPSA) is 90.0 Å². The van der Waals surface area contributed by atoms with E-state index >= 15 is 0 Å². The molecular weight excluding hydrogens is 276 g/mol. The molecule has 18 heavy (non-hydrogen) atoms. The molecule has 3 N–H and O–H groups in total. The molecule has 1 aromatic rings. The minimum absolute atomic E-state index is 0. The molecule has 0 spiro atoms. The highest BCUT2D eigenvalue weighted by molar-refractivity contribution is 7.89. The van der Waals surface area contributed by atoms with Crippen molar-refractivity contribution >= 4 is 22.4 Å². The minimum Gasteiger partial charge on any atom is -0.339 e. The number of hydrogen-bond donors (Lipinski definition) is 2. The molecule has 1 rings (SSSR count). The van der Waals surface area contributed by atoms with Crippen LogP contribution in [0.25, 0.3) is 0 Å². The Morgan fingerprint density at radius 3 is 2.39 bits per heavy atom. The van der Waals surface area contributed by atoms with Gasteiger partial charge in [0.1, 0.15) is 0 Å². The summed E-state index contributed by atoms with van der Waals surface area (Å²) in [6.07, 6.45) is 4.34. The lowest BCUT2D eigenvalue weighted by Crippen LogP contribution is -2.49. The van der Waals surface area contributed by atoms with E-state index in [2.05, 4.69) is 9.71 Å². The molecule has 0 amide bonds. The van der Waals surface area contributed by atoms with Gasteiger partial charge in [-0.05, 0) is 12.8 Å². The third-order valence-corrected chi connectivity index (χ3v) is 4.26. The molecule has 6 nitrogen and oxygen atoms in total. The summed E-state index contributed by atoms with van der Waals surface area (Å²) < 4.78 is 27.9. The largest absolute Gasteiger partial charge is 0.339 e. The first-order valence-corrected chi connectivity index (χ1v) is 7.08. The van der Waals surface area contributed by atoms with Crippen LogP contribution in [0, 0.1) is 0 Å². The Labute approximate surface area is 114 Å². The Bertz CT molecular complexity index is 468. The lowest BCUT2D eigenvalue weighted by atomic mass is 9.95. The number of imidazole rings is 1. The Balaban J connectivity index is 0.00000289. The van der Waals surface area contributed by atoms with E-state index in [0.29, 0.717) is 12.8 Å². The maximum Gasteiger partial charge on any atom is 0.259 e. The van der Waals surface area contributed by atoms with Gasteiger partial charge in [0.05, 0.1) is 6.33 Å². The zero-order chi connectivity index (χ0) is 13.1.